The number of aryl methyl sites for hydroxylation is 2. The number of rotatable bonds is 11. The van der Waals surface area contributed by atoms with Crippen LogP contribution in [0.5, 0.6) is 5.75 Å². The number of phenolic OH excluding ortho intramolecular Hbond substituents is 1. The highest BCUT2D eigenvalue weighted by Gasteiger charge is 2.31. The van der Waals surface area contributed by atoms with Gasteiger partial charge in [-0.05, 0) is 93.4 Å². The van der Waals surface area contributed by atoms with E-state index < -0.39 is 11.9 Å². The number of likely N-dealkylation sites (tertiary alicyclic amines) is 1. The molecule has 5 aromatic rings. The minimum absolute atomic E-state index is 0.141. The highest BCUT2D eigenvalue weighted by molar-refractivity contribution is 6.00. The summed E-state index contributed by atoms with van der Waals surface area (Å²) >= 11 is 0. The molecule has 5 heterocycles. The number of anilines is 1. The van der Waals surface area contributed by atoms with E-state index in [0.29, 0.717) is 29.4 Å². The number of aromatic nitrogens is 6. The molecule has 13 nitrogen and oxygen atoms in total. The van der Waals surface area contributed by atoms with Crippen LogP contribution in [0.2, 0.25) is 0 Å². The van der Waals surface area contributed by atoms with Crippen LogP contribution in [0.4, 0.5) is 5.82 Å². The fraction of sp³-hybridized carbons (Fsp3) is 0.405. The first-order chi connectivity index (χ1) is 24.2. The number of nitrogens with zero attached hydrogens (tertiary/aromatic N) is 7. The molecule has 2 saturated heterocycles. The van der Waals surface area contributed by atoms with E-state index in [-0.39, 0.29) is 23.8 Å². The Morgan fingerprint density at radius 3 is 2.68 bits per heavy atom. The SMILES string of the molecule is Cn1c(=O)n(C2CCC(=O)NC2=O)c2ccc(CCCCCN3CCC[C@@H](Cn4cc(-c5cc(-c6ccccc6O)nnc5N)cn4)C3)cc21. The third-order valence-corrected chi connectivity index (χ3v) is 10.1. The van der Waals surface area contributed by atoms with Gasteiger partial charge in [-0.1, -0.05) is 24.6 Å². The number of amides is 2. The first-order valence-electron chi connectivity index (χ1n) is 17.5. The molecule has 50 heavy (non-hydrogen) atoms. The lowest BCUT2D eigenvalue weighted by Crippen LogP contribution is -2.44. The average molecular weight is 678 g/mol. The van der Waals surface area contributed by atoms with Gasteiger partial charge in [0.05, 0.1) is 22.9 Å². The molecular formula is C37H43N9O4. The molecule has 2 amide bonds. The van der Waals surface area contributed by atoms with Crippen LogP contribution in [0.25, 0.3) is 33.4 Å². The number of carbonyl (C=O) groups excluding carboxylic acids is 2. The average Bonchev–Trinajstić information content (AvgIpc) is 3.67. The van der Waals surface area contributed by atoms with Crippen LogP contribution in [0.1, 0.15) is 56.6 Å². The zero-order valence-corrected chi connectivity index (χ0v) is 28.3. The summed E-state index contributed by atoms with van der Waals surface area (Å²) in [6, 6.07) is 14.3. The molecule has 0 bridgehead atoms. The molecule has 2 aromatic carbocycles. The normalized spacial score (nSPS) is 18.5. The van der Waals surface area contributed by atoms with Crippen LogP contribution in [0.15, 0.2) is 65.7 Å². The number of aromatic hydroxyl groups is 1. The van der Waals surface area contributed by atoms with Gasteiger partial charge in [-0.25, -0.2) is 4.79 Å². The molecule has 7 rings (SSSR count). The van der Waals surface area contributed by atoms with Crippen molar-refractivity contribution < 1.29 is 14.7 Å². The van der Waals surface area contributed by atoms with Crippen molar-refractivity contribution in [3.8, 4) is 28.1 Å². The Kier molecular flexibility index (Phi) is 9.48. The maximum atomic E-state index is 13.1. The quantitative estimate of drug-likeness (QED) is 0.138. The van der Waals surface area contributed by atoms with Gasteiger partial charge in [0, 0.05) is 49.4 Å². The predicted molar refractivity (Wildman–Crippen MR) is 190 cm³/mol. The molecule has 3 aromatic heterocycles. The number of carbonyl (C=O) groups is 2. The van der Waals surface area contributed by atoms with Gasteiger partial charge in [0.15, 0.2) is 5.82 Å². The number of benzene rings is 2. The second-order valence-corrected chi connectivity index (χ2v) is 13.6. The highest BCUT2D eigenvalue weighted by atomic mass is 16.3. The fourth-order valence-electron chi connectivity index (χ4n) is 7.46. The van der Waals surface area contributed by atoms with Crippen LogP contribution >= 0.6 is 0 Å². The van der Waals surface area contributed by atoms with Gasteiger partial charge in [-0.2, -0.15) is 5.10 Å². The molecule has 2 atom stereocenters. The summed E-state index contributed by atoms with van der Waals surface area (Å²) in [6.45, 7) is 4.06. The maximum absolute atomic E-state index is 13.1. The number of fused-ring (bicyclic) bond motifs is 1. The van der Waals surface area contributed by atoms with Gasteiger partial charge in [-0.3, -0.25) is 28.7 Å². The Balaban J connectivity index is 0.898. The van der Waals surface area contributed by atoms with Crippen molar-refractivity contribution in [1.82, 2.24) is 39.3 Å². The zero-order valence-electron chi connectivity index (χ0n) is 28.3. The number of para-hydroxylation sites is 1. The topological polar surface area (TPSA) is 166 Å². The first-order valence-corrected chi connectivity index (χ1v) is 17.5. The summed E-state index contributed by atoms with van der Waals surface area (Å²) in [7, 11) is 1.73. The highest BCUT2D eigenvalue weighted by Crippen LogP contribution is 2.32. The summed E-state index contributed by atoms with van der Waals surface area (Å²) in [5.74, 6) is 0.261. The van der Waals surface area contributed by atoms with Gasteiger partial charge >= 0.3 is 5.69 Å². The molecular weight excluding hydrogens is 634 g/mol. The van der Waals surface area contributed by atoms with E-state index in [1.54, 1.807) is 29.8 Å². The Bertz CT molecular complexity index is 2100. The van der Waals surface area contributed by atoms with Crippen molar-refractivity contribution in [2.75, 3.05) is 25.4 Å². The van der Waals surface area contributed by atoms with E-state index in [0.717, 1.165) is 74.0 Å². The standard InChI is InChI=1S/C37H43N9O4/c1-43-32-18-24(12-13-30(32)46(37(43)50)31-14-15-34(48)40-36(31)49)8-3-2-6-16-44-17-7-9-25(21-44)22-45-23-26(20-39-45)28-19-29(41-42-35(28)38)27-10-4-5-11-33(27)47/h4-5,10-13,18-20,23,25,31,47H,2-3,6-9,14-17,21-22H2,1H3,(H2,38,42)(H,40,48,49)/t25-,31?/m1/s1. The van der Waals surface area contributed by atoms with Gasteiger partial charge in [-0.15, -0.1) is 10.2 Å². The van der Waals surface area contributed by atoms with Crippen LogP contribution < -0.4 is 16.7 Å². The molecule has 0 radical (unpaired) electrons. The second-order valence-electron chi connectivity index (χ2n) is 13.6. The number of imide groups is 1. The largest absolute Gasteiger partial charge is 0.507 e. The van der Waals surface area contributed by atoms with Gasteiger partial charge in [0.1, 0.15) is 11.8 Å². The summed E-state index contributed by atoms with van der Waals surface area (Å²) in [6.07, 6.45) is 10.9. The molecule has 13 heteroatoms. The number of piperidine rings is 2. The fourth-order valence-corrected chi connectivity index (χ4v) is 7.46. The molecule has 260 valence electrons. The first kappa shape index (κ1) is 33.2. The Labute approximate surface area is 289 Å². The number of unbranched alkanes of at least 4 members (excludes halogenated alkanes) is 2. The van der Waals surface area contributed by atoms with E-state index in [1.807, 2.05) is 41.3 Å². The third kappa shape index (κ3) is 6.90. The molecule has 2 fully saturated rings. The van der Waals surface area contributed by atoms with E-state index in [1.165, 1.54) is 23.0 Å². The van der Waals surface area contributed by atoms with Crippen molar-refractivity contribution in [2.24, 2.45) is 13.0 Å². The van der Waals surface area contributed by atoms with E-state index in [4.69, 9.17) is 5.73 Å². The van der Waals surface area contributed by atoms with E-state index in [9.17, 15) is 19.5 Å². The number of hydrogen-bond acceptors (Lipinski definition) is 9. The van der Waals surface area contributed by atoms with Crippen molar-refractivity contribution >= 4 is 28.7 Å². The Morgan fingerprint density at radius 2 is 1.84 bits per heavy atom. The van der Waals surface area contributed by atoms with Crippen molar-refractivity contribution in [1.29, 1.82) is 0 Å². The number of nitrogens with two attached hydrogens (primary N) is 1. The van der Waals surface area contributed by atoms with Crippen LogP contribution in [-0.2, 0) is 29.6 Å². The lowest BCUT2D eigenvalue weighted by atomic mass is 9.97. The number of imidazole rings is 1. The maximum Gasteiger partial charge on any atom is 0.329 e. The number of nitrogen functional groups attached to an aromatic ring is 1. The van der Waals surface area contributed by atoms with Crippen LogP contribution in [0, 0.1) is 5.92 Å². The number of phenols is 1. The summed E-state index contributed by atoms with van der Waals surface area (Å²) < 4.78 is 5.12. The molecule has 4 N–H and O–H groups in total. The lowest BCUT2D eigenvalue weighted by molar-refractivity contribution is -0.135. The summed E-state index contributed by atoms with van der Waals surface area (Å²) in [5.41, 5.74) is 11.4. The predicted octanol–water partition coefficient (Wildman–Crippen LogP) is 4.05. The minimum Gasteiger partial charge on any atom is -0.507 e. The number of hydrogen-bond donors (Lipinski definition) is 3. The molecule has 1 unspecified atom stereocenters. The molecule has 2 aliphatic heterocycles. The summed E-state index contributed by atoms with van der Waals surface area (Å²) in [4.78, 5) is 39.8. The van der Waals surface area contributed by atoms with Gasteiger partial charge in [0.25, 0.3) is 0 Å². The summed E-state index contributed by atoms with van der Waals surface area (Å²) in [5, 5.41) is 25.6. The molecule has 2 aliphatic rings. The molecule has 0 aliphatic carbocycles. The minimum atomic E-state index is -0.671. The van der Waals surface area contributed by atoms with Gasteiger partial charge < -0.3 is 15.7 Å². The Morgan fingerprint density at radius 1 is 0.980 bits per heavy atom. The zero-order chi connectivity index (χ0) is 34.8. The lowest BCUT2D eigenvalue weighted by Gasteiger charge is -2.32. The second kappa shape index (κ2) is 14.3. The van der Waals surface area contributed by atoms with Gasteiger partial charge in [0.2, 0.25) is 11.8 Å². The third-order valence-electron chi connectivity index (χ3n) is 10.1. The molecule has 0 saturated carbocycles. The van der Waals surface area contributed by atoms with E-state index >= 15 is 0 Å². The number of nitrogens with one attached hydrogen (secondary N) is 1. The van der Waals surface area contributed by atoms with E-state index in [2.05, 4.69) is 31.6 Å². The van der Waals surface area contributed by atoms with Crippen LogP contribution in [0.3, 0.4) is 0 Å². The van der Waals surface area contributed by atoms with Crippen molar-refractivity contribution in [2.45, 2.75) is 64.0 Å². The molecule has 0 spiro atoms. The monoisotopic (exact) mass is 677 g/mol. The van der Waals surface area contributed by atoms with Crippen molar-refractivity contribution in [3.63, 3.8) is 0 Å². The Hall–Kier alpha value is -5.30. The smallest absolute Gasteiger partial charge is 0.329 e. The van der Waals surface area contributed by atoms with Crippen LogP contribution in [-0.4, -0.2) is 70.6 Å². The van der Waals surface area contributed by atoms with Crippen molar-refractivity contribution in [3.05, 3.63) is 77.0 Å².